The second-order valence-electron chi connectivity index (χ2n) is 9.83. The maximum Gasteiger partial charge on any atom is 0.338 e. The minimum absolute atomic E-state index is 0.108. The molecule has 2 aromatic rings. The van der Waals surface area contributed by atoms with Crippen LogP contribution < -0.4 is 14.8 Å². The number of amidine groups is 1. The average molecular weight is 593 g/mol. The molecule has 0 unspecified atom stereocenters. The summed E-state index contributed by atoms with van der Waals surface area (Å²) in [4.78, 5) is 36.1. The quantitative estimate of drug-likeness (QED) is 0.390. The van der Waals surface area contributed by atoms with Crippen molar-refractivity contribution in [1.82, 2.24) is 15.1 Å². The number of thioether (sulfide) groups is 1. The number of nitrogens with zero attached hydrogens (tertiary/aromatic N) is 3. The lowest BCUT2D eigenvalue weighted by Crippen LogP contribution is -2.42. The molecule has 5 rings (SSSR count). The molecule has 0 saturated carbocycles. The van der Waals surface area contributed by atoms with Gasteiger partial charge in [-0.15, -0.1) is 0 Å². The Hall–Kier alpha value is -3.80. The van der Waals surface area contributed by atoms with Crippen molar-refractivity contribution in [1.29, 1.82) is 0 Å². The standard InChI is InChI=1S/C31H36N4O6S/c1-4-41-30(37)27-28(21-8-6-5-7-9-21)33-31-35(29(27)24-19-23(38-2)10-11-25(24)39-3)22(20-42-31)18-26(36)32-12-13-34-14-16-40-17-15-34/h5-11,19-20,29H,4,12-18H2,1-3H3,(H,32,36)/t29-/m0/s1. The zero-order valence-electron chi connectivity index (χ0n) is 24.1. The van der Waals surface area contributed by atoms with Crippen LogP contribution in [0.3, 0.4) is 0 Å². The van der Waals surface area contributed by atoms with Gasteiger partial charge >= 0.3 is 5.97 Å². The van der Waals surface area contributed by atoms with Gasteiger partial charge in [0.15, 0.2) is 5.17 Å². The molecule has 0 aromatic heterocycles. The van der Waals surface area contributed by atoms with Gasteiger partial charge in [-0.25, -0.2) is 9.79 Å². The van der Waals surface area contributed by atoms with E-state index in [2.05, 4.69) is 10.2 Å². The van der Waals surface area contributed by atoms with Crippen LogP contribution in [0.1, 0.15) is 30.5 Å². The maximum absolute atomic E-state index is 13.8. The Balaban J connectivity index is 1.52. The van der Waals surface area contributed by atoms with Crippen molar-refractivity contribution >= 4 is 34.5 Å². The normalized spacial score (nSPS) is 18.6. The molecule has 222 valence electrons. The number of rotatable bonds is 11. The van der Waals surface area contributed by atoms with E-state index in [1.54, 1.807) is 21.1 Å². The highest BCUT2D eigenvalue weighted by molar-refractivity contribution is 8.16. The van der Waals surface area contributed by atoms with Crippen LogP contribution in [0.25, 0.3) is 5.70 Å². The van der Waals surface area contributed by atoms with E-state index in [1.807, 2.05) is 58.8 Å². The number of methoxy groups -OCH3 is 2. The molecule has 0 spiro atoms. The van der Waals surface area contributed by atoms with E-state index in [1.165, 1.54) is 11.8 Å². The second kappa shape index (κ2) is 13.9. The molecule has 1 amide bonds. The number of esters is 1. The van der Waals surface area contributed by atoms with Crippen molar-refractivity contribution in [3.8, 4) is 11.5 Å². The van der Waals surface area contributed by atoms with Gasteiger partial charge in [-0.1, -0.05) is 42.1 Å². The first-order valence-electron chi connectivity index (χ1n) is 14.0. The van der Waals surface area contributed by atoms with E-state index in [9.17, 15) is 9.59 Å². The predicted octanol–water partition coefficient (Wildman–Crippen LogP) is 3.82. The Morgan fingerprint density at radius 3 is 2.60 bits per heavy atom. The van der Waals surface area contributed by atoms with Crippen molar-refractivity contribution in [3.63, 3.8) is 0 Å². The SMILES string of the molecule is CCOC(=O)C1=C(c2ccccc2)N=C2SC=C(CC(=O)NCCN3CCOCC3)N2[C@H]1c1cc(OC)ccc1OC. The van der Waals surface area contributed by atoms with Gasteiger partial charge in [0.2, 0.25) is 5.91 Å². The number of morpholine rings is 1. The molecule has 0 radical (unpaired) electrons. The van der Waals surface area contributed by atoms with E-state index in [0.29, 0.717) is 53.3 Å². The highest BCUT2D eigenvalue weighted by Crippen LogP contribution is 2.49. The van der Waals surface area contributed by atoms with Crippen LogP contribution in [0.2, 0.25) is 0 Å². The zero-order valence-corrected chi connectivity index (χ0v) is 24.9. The largest absolute Gasteiger partial charge is 0.497 e. The number of hydrogen-bond acceptors (Lipinski definition) is 10. The van der Waals surface area contributed by atoms with Crippen molar-refractivity contribution < 1.29 is 28.5 Å². The summed E-state index contributed by atoms with van der Waals surface area (Å²) in [5.41, 5.74) is 3.09. The van der Waals surface area contributed by atoms with Crippen molar-refractivity contribution in [2.45, 2.75) is 19.4 Å². The molecule has 0 aliphatic carbocycles. The number of fused-ring (bicyclic) bond motifs is 1. The van der Waals surface area contributed by atoms with Crippen molar-refractivity contribution in [3.05, 3.63) is 76.3 Å². The zero-order chi connectivity index (χ0) is 29.5. The van der Waals surface area contributed by atoms with Crippen LogP contribution in [0.15, 0.2) is 70.2 Å². The van der Waals surface area contributed by atoms with Gasteiger partial charge in [0.05, 0.1) is 57.8 Å². The number of ether oxygens (including phenoxy) is 4. The molecular formula is C31H36N4O6S. The smallest absolute Gasteiger partial charge is 0.338 e. The van der Waals surface area contributed by atoms with Crippen LogP contribution in [-0.4, -0.2) is 87.1 Å². The molecular weight excluding hydrogens is 556 g/mol. The summed E-state index contributed by atoms with van der Waals surface area (Å²) in [6.07, 6.45) is 0.120. The lowest BCUT2D eigenvalue weighted by Gasteiger charge is -2.37. The third-order valence-electron chi connectivity index (χ3n) is 7.28. The Labute approximate surface area is 250 Å². The summed E-state index contributed by atoms with van der Waals surface area (Å²) in [6.45, 7) is 6.43. The molecule has 11 heteroatoms. The number of amides is 1. The highest BCUT2D eigenvalue weighted by atomic mass is 32.2. The maximum atomic E-state index is 13.8. The number of benzene rings is 2. The molecule has 3 aliphatic heterocycles. The van der Waals surface area contributed by atoms with Crippen LogP contribution in [0.5, 0.6) is 11.5 Å². The predicted molar refractivity (Wildman–Crippen MR) is 162 cm³/mol. The summed E-state index contributed by atoms with van der Waals surface area (Å²) in [5.74, 6) is 0.587. The Morgan fingerprint density at radius 1 is 1.10 bits per heavy atom. The fraction of sp³-hybridized carbons (Fsp3) is 0.387. The Morgan fingerprint density at radius 2 is 1.88 bits per heavy atom. The van der Waals surface area contributed by atoms with Gasteiger partial charge in [0.25, 0.3) is 0 Å². The minimum atomic E-state index is -0.681. The van der Waals surface area contributed by atoms with Gasteiger partial charge in [0.1, 0.15) is 11.5 Å². The van der Waals surface area contributed by atoms with E-state index >= 15 is 0 Å². The Bertz CT molecular complexity index is 1390. The number of hydrogen-bond donors (Lipinski definition) is 1. The van der Waals surface area contributed by atoms with Gasteiger partial charge < -0.3 is 29.2 Å². The molecule has 1 saturated heterocycles. The summed E-state index contributed by atoms with van der Waals surface area (Å²) >= 11 is 1.42. The van der Waals surface area contributed by atoms with Crippen molar-refractivity contribution in [2.75, 3.05) is 60.2 Å². The monoisotopic (exact) mass is 592 g/mol. The van der Waals surface area contributed by atoms with E-state index in [-0.39, 0.29) is 18.9 Å². The molecule has 2 aromatic carbocycles. The third-order valence-corrected chi connectivity index (χ3v) is 8.17. The fourth-order valence-corrected chi connectivity index (χ4v) is 6.16. The number of carbonyl (C=O) groups is 2. The lowest BCUT2D eigenvalue weighted by atomic mass is 9.90. The fourth-order valence-electron chi connectivity index (χ4n) is 5.24. The average Bonchev–Trinajstić information content (AvgIpc) is 3.42. The van der Waals surface area contributed by atoms with Crippen molar-refractivity contribution in [2.24, 2.45) is 4.99 Å². The topological polar surface area (TPSA) is 102 Å². The number of aliphatic imine (C=N–C) groups is 1. The van der Waals surface area contributed by atoms with Crippen LogP contribution >= 0.6 is 11.8 Å². The van der Waals surface area contributed by atoms with Gasteiger partial charge in [-0.2, -0.15) is 0 Å². The van der Waals surface area contributed by atoms with Crippen LogP contribution in [0.4, 0.5) is 0 Å². The van der Waals surface area contributed by atoms with E-state index in [4.69, 9.17) is 23.9 Å². The first-order chi connectivity index (χ1) is 20.5. The highest BCUT2D eigenvalue weighted by Gasteiger charge is 2.43. The third kappa shape index (κ3) is 6.48. The van der Waals surface area contributed by atoms with E-state index in [0.717, 1.165) is 30.9 Å². The molecule has 3 heterocycles. The molecule has 3 aliphatic rings. The minimum Gasteiger partial charge on any atom is -0.497 e. The van der Waals surface area contributed by atoms with Gasteiger partial charge in [-0.3, -0.25) is 9.69 Å². The molecule has 1 N–H and O–H groups in total. The summed E-state index contributed by atoms with van der Waals surface area (Å²) in [6, 6.07) is 14.4. The summed E-state index contributed by atoms with van der Waals surface area (Å²) < 4.78 is 22.4. The first kappa shape index (κ1) is 29.7. The number of carbonyl (C=O) groups excluding carboxylic acids is 2. The lowest BCUT2D eigenvalue weighted by molar-refractivity contribution is -0.139. The second-order valence-corrected chi connectivity index (χ2v) is 10.7. The summed E-state index contributed by atoms with van der Waals surface area (Å²) in [7, 11) is 3.18. The van der Waals surface area contributed by atoms with Crippen LogP contribution in [-0.2, 0) is 19.1 Å². The Kier molecular flexibility index (Phi) is 9.83. The summed E-state index contributed by atoms with van der Waals surface area (Å²) in [5, 5.41) is 5.64. The first-order valence-corrected chi connectivity index (χ1v) is 14.9. The molecule has 0 bridgehead atoms. The van der Waals surface area contributed by atoms with Gasteiger partial charge in [-0.05, 0) is 30.5 Å². The molecule has 10 nitrogen and oxygen atoms in total. The van der Waals surface area contributed by atoms with Crippen LogP contribution in [0, 0.1) is 0 Å². The molecule has 42 heavy (non-hydrogen) atoms. The number of nitrogens with one attached hydrogen (secondary N) is 1. The molecule has 1 fully saturated rings. The molecule has 1 atom stereocenters. The van der Waals surface area contributed by atoms with Gasteiger partial charge in [0, 0.05) is 43.0 Å². The van der Waals surface area contributed by atoms with E-state index < -0.39 is 12.0 Å².